The molecule has 0 amide bonds. The van der Waals surface area contributed by atoms with Crippen molar-refractivity contribution in [2.45, 2.75) is 23.9 Å². The number of halogens is 3. The van der Waals surface area contributed by atoms with E-state index >= 15 is 0 Å². The van der Waals surface area contributed by atoms with Gasteiger partial charge in [0.05, 0.1) is 12.4 Å². The zero-order valence-electron chi connectivity index (χ0n) is 8.06. The van der Waals surface area contributed by atoms with E-state index in [9.17, 15) is 21.6 Å². The topological polar surface area (TPSA) is 85.9 Å². The Hall–Kier alpha value is -1.22. The Balaban J connectivity index is 3.05. The van der Waals surface area contributed by atoms with Crippen LogP contribution in [0.5, 0.6) is 0 Å². The molecule has 9 heteroatoms. The lowest BCUT2D eigenvalue weighted by Crippen LogP contribution is -2.21. The Morgan fingerprint density at radius 1 is 1.31 bits per heavy atom. The average Bonchev–Trinajstić information content (AvgIpc) is 2.14. The number of rotatable bonds is 2. The highest BCUT2D eigenvalue weighted by molar-refractivity contribution is 7.89. The number of alkyl halides is 3. The summed E-state index contributed by atoms with van der Waals surface area (Å²) in [5.74, 6) is -2.36. The van der Waals surface area contributed by atoms with Crippen LogP contribution in [0.2, 0.25) is 0 Å². The number of hydrogen-bond acceptors (Lipinski definition) is 4. The standard InChI is InChI=1S/C7H8F3N3O2S/c1-4(7(8,9)10)6-12-2-5(3-13-6)16(11,14)15/h2-4H,1H3,(H2,11,14,15)/t4-/m1/s1. The number of aromatic nitrogens is 2. The Morgan fingerprint density at radius 3 is 2.06 bits per heavy atom. The second kappa shape index (κ2) is 3.98. The van der Waals surface area contributed by atoms with Crippen LogP contribution < -0.4 is 5.14 Å². The fourth-order valence-electron chi connectivity index (χ4n) is 0.843. The highest BCUT2D eigenvalue weighted by Gasteiger charge is 2.39. The SMILES string of the molecule is C[C@H](c1ncc(S(N)(=O)=O)cn1)C(F)(F)F. The zero-order valence-corrected chi connectivity index (χ0v) is 8.88. The van der Waals surface area contributed by atoms with Gasteiger partial charge in [-0.1, -0.05) is 0 Å². The molecule has 1 heterocycles. The van der Waals surface area contributed by atoms with Gasteiger partial charge in [-0.3, -0.25) is 0 Å². The summed E-state index contributed by atoms with van der Waals surface area (Å²) in [6.45, 7) is 0.881. The van der Waals surface area contributed by atoms with Gasteiger partial charge in [0.25, 0.3) is 0 Å². The molecule has 2 N–H and O–H groups in total. The maximum atomic E-state index is 12.2. The fraction of sp³-hybridized carbons (Fsp3) is 0.429. The third-order valence-corrected chi connectivity index (χ3v) is 2.72. The fourth-order valence-corrected chi connectivity index (χ4v) is 1.24. The minimum Gasteiger partial charge on any atom is -0.239 e. The van der Waals surface area contributed by atoms with Gasteiger partial charge in [-0.2, -0.15) is 13.2 Å². The van der Waals surface area contributed by atoms with Gasteiger partial charge in [-0.15, -0.1) is 0 Å². The van der Waals surface area contributed by atoms with E-state index in [4.69, 9.17) is 5.14 Å². The van der Waals surface area contributed by atoms with E-state index in [2.05, 4.69) is 9.97 Å². The van der Waals surface area contributed by atoms with Crippen molar-refractivity contribution >= 4 is 10.0 Å². The highest BCUT2D eigenvalue weighted by Crippen LogP contribution is 2.32. The predicted molar refractivity (Wildman–Crippen MR) is 47.9 cm³/mol. The second-order valence-electron chi connectivity index (χ2n) is 3.09. The van der Waals surface area contributed by atoms with E-state index in [0.29, 0.717) is 0 Å². The molecular weight excluding hydrogens is 247 g/mol. The third-order valence-electron chi connectivity index (χ3n) is 1.85. The molecule has 0 bridgehead atoms. The van der Waals surface area contributed by atoms with Gasteiger partial charge in [0.1, 0.15) is 16.6 Å². The van der Waals surface area contributed by atoms with Crippen molar-refractivity contribution in [1.29, 1.82) is 0 Å². The Morgan fingerprint density at radius 2 is 1.75 bits per heavy atom. The summed E-state index contributed by atoms with van der Waals surface area (Å²) < 4.78 is 58.3. The van der Waals surface area contributed by atoms with Gasteiger partial charge < -0.3 is 0 Å². The normalized spacial score (nSPS) is 14.8. The first-order valence-corrected chi connectivity index (χ1v) is 5.58. The lowest BCUT2D eigenvalue weighted by molar-refractivity contribution is -0.147. The first kappa shape index (κ1) is 12.8. The molecule has 5 nitrogen and oxygen atoms in total. The van der Waals surface area contributed by atoms with Crippen LogP contribution >= 0.6 is 0 Å². The maximum Gasteiger partial charge on any atom is 0.398 e. The Bertz CT molecular complexity index is 469. The second-order valence-corrected chi connectivity index (χ2v) is 4.65. The van der Waals surface area contributed by atoms with E-state index in [1.54, 1.807) is 0 Å². The molecule has 0 saturated carbocycles. The molecule has 0 unspecified atom stereocenters. The van der Waals surface area contributed by atoms with E-state index in [1.807, 2.05) is 0 Å². The summed E-state index contributed by atoms with van der Waals surface area (Å²) in [5, 5.41) is 4.74. The van der Waals surface area contributed by atoms with Crippen molar-refractivity contribution in [2.24, 2.45) is 5.14 Å². The van der Waals surface area contributed by atoms with Gasteiger partial charge >= 0.3 is 6.18 Å². The minimum absolute atomic E-state index is 0.425. The summed E-state index contributed by atoms with van der Waals surface area (Å²) in [6, 6.07) is 0. The van der Waals surface area contributed by atoms with Gasteiger partial charge in [0.2, 0.25) is 10.0 Å². The van der Waals surface area contributed by atoms with Crippen molar-refractivity contribution in [1.82, 2.24) is 9.97 Å². The Kier molecular flexibility index (Phi) is 3.20. The molecule has 0 aliphatic rings. The molecular formula is C7H8F3N3O2S. The number of nitrogens with zero attached hydrogens (tertiary/aromatic N) is 2. The molecule has 0 aliphatic heterocycles. The zero-order chi connectivity index (χ0) is 12.6. The summed E-state index contributed by atoms with van der Waals surface area (Å²) in [4.78, 5) is 6.22. The molecule has 1 aromatic rings. The van der Waals surface area contributed by atoms with Crippen LogP contribution in [0, 0.1) is 0 Å². The first-order chi connectivity index (χ1) is 7.12. The molecule has 0 saturated heterocycles. The monoisotopic (exact) mass is 255 g/mol. The lowest BCUT2D eigenvalue weighted by atomic mass is 10.1. The average molecular weight is 255 g/mol. The van der Waals surface area contributed by atoms with Crippen molar-refractivity contribution in [3.05, 3.63) is 18.2 Å². The smallest absolute Gasteiger partial charge is 0.239 e. The van der Waals surface area contributed by atoms with Crippen LogP contribution in [-0.4, -0.2) is 24.6 Å². The summed E-state index contributed by atoms with van der Waals surface area (Å²) in [7, 11) is -3.99. The molecule has 1 rings (SSSR count). The quantitative estimate of drug-likeness (QED) is 0.846. The molecule has 0 aliphatic carbocycles. The molecule has 0 aromatic carbocycles. The van der Waals surface area contributed by atoms with Crippen LogP contribution in [0.4, 0.5) is 13.2 Å². The Labute approximate surface area is 89.6 Å². The molecule has 1 aromatic heterocycles. The molecule has 1 atom stereocenters. The summed E-state index contributed by atoms with van der Waals surface area (Å²) in [6.07, 6.45) is -2.97. The first-order valence-electron chi connectivity index (χ1n) is 4.04. The number of hydrogen-bond donors (Lipinski definition) is 1. The lowest BCUT2D eigenvalue weighted by Gasteiger charge is -2.13. The highest BCUT2D eigenvalue weighted by atomic mass is 32.2. The van der Waals surface area contributed by atoms with Crippen molar-refractivity contribution < 1.29 is 21.6 Å². The van der Waals surface area contributed by atoms with Crippen molar-refractivity contribution in [3.8, 4) is 0 Å². The van der Waals surface area contributed by atoms with Crippen LogP contribution in [0.1, 0.15) is 18.7 Å². The van der Waals surface area contributed by atoms with Gasteiger partial charge in [0.15, 0.2) is 0 Å². The van der Waals surface area contributed by atoms with Crippen LogP contribution in [0.25, 0.3) is 0 Å². The van der Waals surface area contributed by atoms with E-state index in [0.717, 1.165) is 19.3 Å². The number of primary sulfonamides is 1. The van der Waals surface area contributed by atoms with Gasteiger partial charge in [-0.05, 0) is 6.92 Å². The van der Waals surface area contributed by atoms with E-state index in [1.165, 1.54) is 0 Å². The van der Waals surface area contributed by atoms with E-state index in [-0.39, 0.29) is 0 Å². The third kappa shape index (κ3) is 2.89. The molecule has 0 spiro atoms. The van der Waals surface area contributed by atoms with Gasteiger partial charge in [-0.25, -0.2) is 23.5 Å². The van der Waals surface area contributed by atoms with E-state index < -0.39 is 32.8 Å². The van der Waals surface area contributed by atoms with Gasteiger partial charge in [0, 0.05) is 0 Å². The van der Waals surface area contributed by atoms with Crippen LogP contribution in [0.3, 0.4) is 0 Å². The predicted octanol–water partition coefficient (Wildman–Crippen LogP) is 0.790. The molecule has 0 radical (unpaired) electrons. The minimum atomic E-state index is -4.47. The summed E-state index contributed by atoms with van der Waals surface area (Å²) >= 11 is 0. The number of sulfonamides is 1. The maximum absolute atomic E-state index is 12.2. The molecule has 90 valence electrons. The van der Waals surface area contributed by atoms with Crippen molar-refractivity contribution in [2.75, 3.05) is 0 Å². The van der Waals surface area contributed by atoms with Crippen LogP contribution in [-0.2, 0) is 10.0 Å². The molecule has 16 heavy (non-hydrogen) atoms. The largest absolute Gasteiger partial charge is 0.398 e. The molecule has 0 fully saturated rings. The summed E-state index contributed by atoms with van der Waals surface area (Å²) in [5.41, 5.74) is 0. The number of nitrogens with two attached hydrogens (primary N) is 1. The van der Waals surface area contributed by atoms with Crippen LogP contribution in [0.15, 0.2) is 17.3 Å². The van der Waals surface area contributed by atoms with Crippen molar-refractivity contribution in [3.63, 3.8) is 0 Å².